The normalized spacial score (nSPS) is 13.3. The number of rotatable bonds is 11. The van der Waals surface area contributed by atoms with Gasteiger partial charge in [-0.15, -0.1) is 0 Å². The molecule has 19 heavy (non-hydrogen) atoms. The second-order valence-electron chi connectivity index (χ2n) is 5.41. The van der Waals surface area contributed by atoms with Crippen LogP contribution in [-0.2, 0) is 17.4 Å². The third-order valence-electron chi connectivity index (χ3n) is 2.68. The minimum Gasteiger partial charge on any atom is -0.458 e. The van der Waals surface area contributed by atoms with E-state index >= 15 is 0 Å². The van der Waals surface area contributed by atoms with Crippen molar-refractivity contribution in [3.05, 3.63) is 0 Å². The lowest BCUT2D eigenvalue weighted by Gasteiger charge is -2.32. The summed E-state index contributed by atoms with van der Waals surface area (Å²) >= 11 is 0. The summed E-state index contributed by atoms with van der Waals surface area (Å²) in [5, 5.41) is 0. The van der Waals surface area contributed by atoms with E-state index in [4.69, 9.17) is 17.4 Å². The molecule has 7 heteroatoms. The van der Waals surface area contributed by atoms with Gasteiger partial charge in [0.25, 0.3) is 0 Å². The fraction of sp³-hybridized carbons (Fsp3) is 1.00. The van der Waals surface area contributed by atoms with Gasteiger partial charge in [0.15, 0.2) is 17.4 Å². The first-order valence-electron chi connectivity index (χ1n) is 7.40. The van der Waals surface area contributed by atoms with E-state index in [0.29, 0.717) is 19.8 Å². The molecule has 0 spiro atoms. The zero-order valence-corrected chi connectivity index (χ0v) is 16.9. The van der Waals surface area contributed by atoms with Gasteiger partial charge in [-0.3, -0.25) is 0 Å². The monoisotopic (exact) mass is 324 g/mol. The molecule has 0 aromatic heterocycles. The highest BCUT2D eigenvalue weighted by Crippen LogP contribution is 2.24. The zero-order valence-electron chi connectivity index (χ0n) is 13.7. The molecule has 0 bridgehead atoms. The predicted molar refractivity (Wildman–Crippen MR) is 87.7 cm³/mol. The molecule has 0 fully saturated rings. The largest absolute Gasteiger partial charge is 0.500 e. The highest BCUT2D eigenvalue weighted by Gasteiger charge is 2.42. The Balaban J connectivity index is 4.61. The maximum atomic E-state index is 6.20. The summed E-state index contributed by atoms with van der Waals surface area (Å²) in [5.41, 5.74) is 0. The van der Waals surface area contributed by atoms with Crippen LogP contribution in [0, 0.1) is 0 Å². The maximum absolute atomic E-state index is 6.20. The quantitative estimate of drug-likeness (QED) is 0.547. The van der Waals surface area contributed by atoms with E-state index in [0.717, 1.165) is 12.1 Å². The molecule has 0 heterocycles. The van der Waals surface area contributed by atoms with E-state index < -0.39 is 26.2 Å². The molecule has 0 saturated heterocycles. The topological polar surface area (TPSA) is 36.9 Å². The number of hydrogen-bond acceptors (Lipinski definition) is 4. The fourth-order valence-electron chi connectivity index (χ4n) is 2.15. The van der Waals surface area contributed by atoms with Gasteiger partial charge in [0.1, 0.15) is 0 Å². The van der Waals surface area contributed by atoms with Crippen LogP contribution in [0.1, 0.15) is 20.8 Å². The molecular weight excluding hydrogens is 292 g/mol. The lowest BCUT2D eigenvalue weighted by Crippen LogP contribution is -2.48. The molecule has 0 atom stereocenters. The first-order chi connectivity index (χ1) is 8.81. The summed E-state index contributed by atoms with van der Waals surface area (Å²) in [4.78, 5) is 0. The van der Waals surface area contributed by atoms with E-state index in [1.807, 2.05) is 20.8 Å². The number of hydrogen-bond donors (Lipinski definition) is 0. The van der Waals surface area contributed by atoms with Crippen LogP contribution in [0.15, 0.2) is 0 Å². The zero-order chi connectivity index (χ0) is 14.9. The van der Waals surface area contributed by atoms with Crippen molar-refractivity contribution in [2.24, 2.45) is 0 Å². The Morgan fingerprint density at radius 3 is 1.53 bits per heavy atom. The molecule has 0 rings (SSSR count). The first kappa shape index (κ1) is 19.5. The Bertz CT molecular complexity index is 220. The summed E-state index contributed by atoms with van der Waals surface area (Å²) in [6.07, 6.45) is 0. The van der Waals surface area contributed by atoms with Crippen LogP contribution < -0.4 is 0 Å². The highest BCUT2D eigenvalue weighted by molar-refractivity contribution is 6.79. The van der Waals surface area contributed by atoms with E-state index in [-0.39, 0.29) is 0 Å². The Morgan fingerprint density at radius 1 is 0.789 bits per heavy atom. The van der Waals surface area contributed by atoms with Gasteiger partial charge < -0.3 is 17.4 Å². The molecule has 0 aliphatic rings. The molecular formula is C12H32O4Si3. The third-order valence-corrected chi connectivity index (χ3v) is 12.1. The summed E-state index contributed by atoms with van der Waals surface area (Å²) in [5.74, 6) is 0. The fourth-order valence-corrected chi connectivity index (χ4v) is 13.4. The standard InChI is InChI=1S/C12H32O4Si3/c1-8-13-19(14-9-2,15-10-3)12-11-18(6,7)16-17(4)5/h17H,8-12H2,1-7H3. The van der Waals surface area contributed by atoms with Crippen LogP contribution in [0.3, 0.4) is 0 Å². The van der Waals surface area contributed by atoms with Crippen molar-refractivity contribution in [2.75, 3.05) is 19.8 Å². The van der Waals surface area contributed by atoms with Gasteiger partial charge in [-0.2, -0.15) is 0 Å². The van der Waals surface area contributed by atoms with Crippen molar-refractivity contribution in [3.8, 4) is 0 Å². The molecule has 0 amide bonds. The van der Waals surface area contributed by atoms with E-state index in [1.54, 1.807) is 0 Å². The van der Waals surface area contributed by atoms with Gasteiger partial charge in [0.05, 0.1) is 0 Å². The minimum atomic E-state index is -2.49. The molecule has 0 N–H and O–H groups in total. The van der Waals surface area contributed by atoms with Crippen LogP contribution in [0.5, 0.6) is 0 Å². The minimum absolute atomic E-state index is 0.647. The molecule has 0 saturated carbocycles. The molecule has 0 unspecified atom stereocenters. The van der Waals surface area contributed by atoms with Crippen LogP contribution >= 0.6 is 0 Å². The predicted octanol–water partition coefficient (Wildman–Crippen LogP) is 3.24. The van der Waals surface area contributed by atoms with Crippen molar-refractivity contribution < 1.29 is 17.4 Å². The summed E-state index contributed by atoms with van der Waals surface area (Å²) in [7, 11) is -5.07. The van der Waals surface area contributed by atoms with Crippen molar-refractivity contribution in [3.63, 3.8) is 0 Å². The summed E-state index contributed by atoms with van der Waals surface area (Å²) in [6, 6.07) is 1.92. The Kier molecular flexibility index (Phi) is 9.67. The summed E-state index contributed by atoms with van der Waals surface area (Å²) < 4.78 is 23.9. The van der Waals surface area contributed by atoms with Gasteiger partial charge in [-0.1, -0.05) is 0 Å². The average molecular weight is 325 g/mol. The Hall–Kier alpha value is 0.491. The van der Waals surface area contributed by atoms with Crippen LogP contribution in [0.4, 0.5) is 0 Å². The van der Waals surface area contributed by atoms with Gasteiger partial charge >= 0.3 is 8.80 Å². The SMILES string of the molecule is CCO[Si](CC[Si](C)(C)O[SiH](C)C)(OCC)OCC. The van der Waals surface area contributed by atoms with Gasteiger partial charge in [-0.25, -0.2) is 0 Å². The molecule has 4 nitrogen and oxygen atoms in total. The van der Waals surface area contributed by atoms with Crippen LogP contribution in [0.2, 0.25) is 38.3 Å². The molecule has 0 aliphatic carbocycles. The van der Waals surface area contributed by atoms with Crippen LogP contribution in [0.25, 0.3) is 0 Å². The van der Waals surface area contributed by atoms with Crippen molar-refractivity contribution in [1.82, 2.24) is 0 Å². The lowest BCUT2D eigenvalue weighted by atomic mass is 10.9. The maximum Gasteiger partial charge on any atom is 0.500 e. The van der Waals surface area contributed by atoms with Crippen molar-refractivity contribution >= 4 is 26.2 Å². The Morgan fingerprint density at radius 2 is 1.21 bits per heavy atom. The molecule has 0 aromatic carbocycles. The third kappa shape index (κ3) is 8.38. The van der Waals surface area contributed by atoms with Crippen molar-refractivity contribution in [1.29, 1.82) is 0 Å². The molecule has 0 radical (unpaired) electrons. The highest BCUT2D eigenvalue weighted by atomic mass is 28.4. The summed E-state index contributed by atoms with van der Waals surface area (Å²) in [6.45, 7) is 17.0. The second-order valence-corrected chi connectivity index (χ2v) is 15.2. The first-order valence-corrected chi connectivity index (χ1v) is 15.2. The van der Waals surface area contributed by atoms with Gasteiger partial charge in [0.2, 0.25) is 0 Å². The van der Waals surface area contributed by atoms with E-state index in [9.17, 15) is 0 Å². The molecule has 0 aliphatic heterocycles. The van der Waals surface area contributed by atoms with Gasteiger partial charge in [-0.05, 0) is 53.0 Å². The Labute approximate surface area is 123 Å². The second kappa shape index (κ2) is 9.43. The molecule has 116 valence electrons. The lowest BCUT2D eigenvalue weighted by molar-refractivity contribution is 0.0723. The van der Waals surface area contributed by atoms with Crippen molar-refractivity contribution in [2.45, 2.75) is 59.0 Å². The van der Waals surface area contributed by atoms with E-state index in [1.165, 1.54) is 0 Å². The average Bonchev–Trinajstić information content (AvgIpc) is 2.26. The molecule has 0 aromatic rings. The van der Waals surface area contributed by atoms with E-state index in [2.05, 4.69) is 26.2 Å². The smallest absolute Gasteiger partial charge is 0.458 e. The van der Waals surface area contributed by atoms with Crippen LogP contribution in [-0.4, -0.2) is 46.0 Å². The van der Waals surface area contributed by atoms with Gasteiger partial charge in [0, 0.05) is 25.9 Å².